The number of hydrogen-bond acceptors (Lipinski definition) is 5. The molecule has 0 radical (unpaired) electrons. The van der Waals surface area contributed by atoms with Gasteiger partial charge in [-0.05, 0) is 12.5 Å². The summed E-state index contributed by atoms with van der Waals surface area (Å²) in [6.45, 7) is -1.67. The van der Waals surface area contributed by atoms with E-state index in [9.17, 15) is 23.1 Å². The second kappa shape index (κ2) is 6.91. The van der Waals surface area contributed by atoms with Gasteiger partial charge in [-0.2, -0.15) is 13.2 Å². The number of alkyl halides is 3. The molecule has 0 bridgehead atoms. The van der Waals surface area contributed by atoms with Crippen molar-refractivity contribution < 1.29 is 38.0 Å². The Morgan fingerprint density at radius 1 is 1.55 bits per heavy atom. The highest BCUT2D eigenvalue weighted by Crippen LogP contribution is 2.23. The first kappa shape index (κ1) is 16.7. The highest BCUT2D eigenvalue weighted by atomic mass is 19.4. The Labute approximate surface area is 112 Å². The molecule has 0 amide bonds. The zero-order valence-corrected chi connectivity index (χ0v) is 10.4. The summed E-state index contributed by atoms with van der Waals surface area (Å²) in [5.74, 6) is -1.78. The van der Waals surface area contributed by atoms with E-state index in [1.807, 2.05) is 0 Å². The molecular weight excluding hydrogens is 283 g/mol. The molecule has 0 aliphatic carbocycles. The van der Waals surface area contributed by atoms with Crippen LogP contribution in [0.3, 0.4) is 0 Å². The number of aliphatic hydroxyl groups is 2. The SMILES string of the molecule is O=C(O)C1=CCC(NCC(F)(F)F)C(C(O)CCO)O1. The van der Waals surface area contributed by atoms with Crippen molar-refractivity contribution >= 4 is 5.97 Å². The van der Waals surface area contributed by atoms with Crippen molar-refractivity contribution in [1.82, 2.24) is 5.32 Å². The molecule has 6 nitrogen and oxygen atoms in total. The van der Waals surface area contributed by atoms with Crippen LogP contribution in [0.2, 0.25) is 0 Å². The molecule has 0 saturated heterocycles. The Kier molecular flexibility index (Phi) is 5.78. The van der Waals surface area contributed by atoms with Gasteiger partial charge in [0, 0.05) is 13.0 Å². The van der Waals surface area contributed by atoms with E-state index in [4.69, 9.17) is 14.9 Å². The molecule has 0 aromatic rings. The molecule has 1 rings (SSSR count). The molecule has 3 atom stereocenters. The first-order chi connectivity index (χ1) is 9.24. The van der Waals surface area contributed by atoms with Crippen LogP contribution in [0, 0.1) is 0 Å². The van der Waals surface area contributed by atoms with E-state index in [0.717, 1.165) is 6.08 Å². The van der Waals surface area contributed by atoms with Crippen molar-refractivity contribution in [2.45, 2.75) is 37.3 Å². The average Bonchev–Trinajstić information content (AvgIpc) is 2.35. The number of nitrogens with one attached hydrogen (secondary N) is 1. The Balaban J connectivity index is 2.76. The van der Waals surface area contributed by atoms with E-state index in [2.05, 4.69) is 5.32 Å². The Bertz CT molecular complexity index is 372. The van der Waals surface area contributed by atoms with Gasteiger partial charge in [-0.1, -0.05) is 0 Å². The zero-order chi connectivity index (χ0) is 15.3. The smallest absolute Gasteiger partial charge is 0.401 e. The van der Waals surface area contributed by atoms with E-state index in [1.54, 1.807) is 0 Å². The van der Waals surface area contributed by atoms with Gasteiger partial charge in [-0.25, -0.2) is 4.79 Å². The third-order valence-corrected chi connectivity index (χ3v) is 2.80. The summed E-state index contributed by atoms with van der Waals surface area (Å²) in [7, 11) is 0. The topological polar surface area (TPSA) is 99.0 Å². The zero-order valence-electron chi connectivity index (χ0n) is 10.4. The summed E-state index contributed by atoms with van der Waals surface area (Å²) < 4.78 is 41.5. The van der Waals surface area contributed by atoms with Crippen LogP contribution in [-0.4, -0.2) is 58.9 Å². The molecule has 0 aromatic carbocycles. The highest BCUT2D eigenvalue weighted by molar-refractivity contribution is 5.84. The molecule has 0 spiro atoms. The quantitative estimate of drug-likeness (QED) is 0.551. The van der Waals surface area contributed by atoms with Crippen molar-refractivity contribution in [3.63, 3.8) is 0 Å². The van der Waals surface area contributed by atoms with Crippen molar-refractivity contribution in [3.8, 4) is 0 Å². The predicted molar refractivity (Wildman–Crippen MR) is 60.8 cm³/mol. The number of aliphatic carboxylic acids is 1. The third-order valence-electron chi connectivity index (χ3n) is 2.80. The van der Waals surface area contributed by atoms with E-state index in [0.29, 0.717) is 0 Å². The minimum absolute atomic E-state index is 0.0229. The van der Waals surface area contributed by atoms with Gasteiger partial charge in [0.15, 0.2) is 0 Å². The lowest BCUT2D eigenvalue weighted by atomic mass is 9.97. The maximum Gasteiger partial charge on any atom is 0.401 e. The molecule has 4 N–H and O–H groups in total. The third kappa shape index (κ3) is 4.99. The van der Waals surface area contributed by atoms with E-state index in [1.165, 1.54) is 0 Å². The van der Waals surface area contributed by atoms with Crippen molar-refractivity contribution in [2.75, 3.05) is 13.2 Å². The molecule has 0 aromatic heterocycles. The molecule has 9 heteroatoms. The fraction of sp³-hybridized carbons (Fsp3) is 0.727. The van der Waals surface area contributed by atoms with Crippen LogP contribution in [0.4, 0.5) is 13.2 Å². The monoisotopic (exact) mass is 299 g/mol. The first-order valence-electron chi connectivity index (χ1n) is 5.93. The van der Waals surface area contributed by atoms with Gasteiger partial charge in [0.2, 0.25) is 5.76 Å². The van der Waals surface area contributed by atoms with Crippen LogP contribution >= 0.6 is 0 Å². The molecule has 0 fully saturated rings. The molecule has 20 heavy (non-hydrogen) atoms. The van der Waals surface area contributed by atoms with Gasteiger partial charge in [0.05, 0.1) is 18.7 Å². The van der Waals surface area contributed by atoms with Crippen LogP contribution in [0.25, 0.3) is 0 Å². The first-order valence-corrected chi connectivity index (χ1v) is 5.93. The van der Waals surface area contributed by atoms with Gasteiger partial charge < -0.3 is 25.4 Å². The fourth-order valence-electron chi connectivity index (χ4n) is 1.87. The number of aliphatic hydroxyl groups excluding tert-OH is 2. The molecule has 1 heterocycles. The summed E-state index contributed by atoms with van der Waals surface area (Å²) in [5.41, 5.74) is 0. The average molecular weight is 299 g/mol. The summed E-state index contributed by atoms with van der Waals surface area (Å²) in [6.07, 6.45) is -5.86. The summed E-state index contributed by atoms with van der Waals surface area (Å²) in [5, 5.41) is 29.5. The standard InChI is InChI=1S/C11H16F3NO5/c12-11(13,14)5-15-6-1-2-8(10(18)19)20-9(6)7(17)3-4-16/h2,6-7,9,15-17H,1,3-5H2,(H,18,19). The largest absolute Gasteiger partial charge is 0.479 e. The molecule has 3 unspecified atom stereocenters. The van der Waals surface area contributed by atoms with Crippen LogP contribution in [0.15, 0.2) is 11.8 Å². The number of ether oxygens (including phenoxy) is 1. The predicted octanol–water partition coefficient (Wildman–Crippen LogP) is 0.00760. The lowest BCUT2D eigenvalue weighted by molar-refractivity contribution is -0.144. The lowest BCUT2D eigenvalue weighted by Gasteiger charge is -2.34. The highest BCUT2D eigenvalue weighted by Gasteiger charge is 2.37. The second-order valence-corrected chi connectivity index (χ2v) is 4.37. The Morgan fingerprint density at radius 2 is 2.20 bits per heavy atom. The van der Waals surface area contributed by atoms with Crippen LogP contribution < -0.4 is 5.32 Å². The second-order valence-electron chi connectivity index (χ2n) is 4.37. The van der Waals surface area contributed by atoms with Crippen molar-refractivity contribution in [3.05, 3.63) is 11.8 Å². The molecule has 0 saturated carbocycles. The molecule has 116 valence electrons. The number of carboxylic acids is 1. The number of halogens is 3. The summed E-state index contributed by atoms with van der Waals surface area (Å²) in [6, 6.07) is -0.888. The van der Waals surface area contributed by atoms with Gasteiger partial charge in [0.1, 0.15) is 6.10 Å². The maximum atomic E-state index is 12.2. The van der Waals surface area contributed by atoms with Crippen molar-refractivity contribution in [1.29, 1.82) is 0 Å². The number of hydrogen-bond donors (Lipinski definition) is 4. The minimum Gasteiger partial charge on any atom is -0.479 e. The fourth-order valence-corrected chi connectivity index (χ4v) is 1.87. The number of carboxylic acid groups (broad SMARTS) is 1. The summed E-state index contributed by atoms with van der Waals surface area (Å²) in [4.78, 5) is 10.8. The lowest BCUT2D eigenvalue weighted by Crippen LogP contribution is -2.52. The molecular formula is C11H16F3NO5. The van der Waals surface area contributed by atoms with Crippen LogP contribution in [-0.2, 0) is 9.53 Å². The van der Waals surface area contributed by atoms with Gasteiger partial charge in [-0.3, -0.25) is 0 Å². The van der Waals surface area contributed by atoms with E-state index in [-0.39, 0.29) is 19.4 Å². The van der Waals surface area contributed by atoms with Crippen LogP contribution in [0.1, 0.15) is 12.8 Å². The van der Waals surface area contributed by atoms with Gasteiger partial charge in [0.25, 0.3) is 0 Å². The number of rotatable bonds is 6. The van der Waals surface area contributed by atoms with Gasteiger partial charge in [-0.15, -0.1) is 0 Å². The van der Waals surface area contributed by atoms with Crippen LogP contribution in [0.5, 0.6) is 0 Å². The van der Waals surface area contributed by atoms with Crippen molar-refractivity contribution in [2.24, 2.45) is 0 Å². The Hall–Kier alpha value is -1.32. The van der Waals surface area contributed by atoms with E-state index < -0.39 is 42.7 Å². The van der Waals surface area contributed by atoms with E-state index >= 15 is 0 Å². The van der Waals surface area contributed by atoms with Gasteiger partial charge >= 0.3 is 12.1 Å². The maximum absolute atomic E-state index is 12.2. The molecule has 1 aliphatic rings. The summed E-state index contributed by atoms with van der Waals surface area (Å²) >= 11 is 0. The Morgan fingerprint density at radius 3 is 2.70 bits per heavy atom. The molecule has 1 aliphatic heterocycles. The number of carbonyl (C=O) groups is 1. The normalized spacial score (nSPS) is 24.8. The minimum atomic E-state index is -4.43.